The molecule has 0 saturated heterocycles. The summed E-state index contributed by atoms with van der Waals surface area (Å²) >= 11 is 4.45. The summed E-state index contributed by atoms with van der Waals surface area (Å²) in [4.78, 5) is 1.14. The van der Waals surface area contributed by atoms with Crippen molar-refractivity contribution in [3.8, 4) is 0 Å². The van der Waals surface area contributed by atoms with Crippen molar-refractivity contribution in [1.82, 2.24) is 0 Å². The lowest BCUT2D eigenvalue weighted by molar-refractivity contribution is 0.838. The van der Waals surface area contributed by atoms with Crippen LogP contribution in [0.25, 0.3) is 0 Å². The van der Waals surface area contributed by atoms with Gasteiger partial charge in [-0.2, -0.15) is 0 Å². The molecule has 0 spiro atoms. The fraction of sp³-hybridized carbons (Fsp3) is 0.400. The Hall–Kier alpha value is -0.430. The summed E-state index contributed by atoms with van der Waals surface area (Å²) in [6.45, 7) is 6.47. The molecular weight excluding hydrogens is 152 g/mol. The Morgan fingerprint density at radius 1 is 1.27 bits per heavy atom. The van der Waals surface area contributed by atoms with Crippen LogP contribution >= 0.6 is 12.6 Å². The summed E-state index contributed by atoms with van der Waals surface area (Å²) in [5.41, 5.74) is 2.60. The highest BCUT2D eigenvalue weighted by atomic mass is 32.1. The average molecular weight is 166 g/mol. The maximum absolute atomic E-state index is 4.45. The van der Waals surface area contributed by atoms with E-state index in [2.05, 4.69) is 51.6 Å². The van der Waals surface area contributed by atoms with Gasteiger partial charge in [-0.15, -0.1) is 12.6 Å². The summed E-state index contributed by atoms with van der Waals surface area (Å²) in [6, 6.07) is 6.32. The van der Waals surface area contributed by atoms with E-state index in [1.165, 1.54) is 11.1 Å². The SMILES string of the molecule is Cc1cccc(C(C)C)c1S. The third-order valence-electron chi connectivity index (χ3n) is 1.89. The first-order valence-corrected chi connectivity index (χ1v) is 4.36. The van der Waals surface area contributed by atoms with Crippen molar-refractivity contribution in [3.05, 3.63) is 29.3 Å². The minimum absolute atomic E-state index is 0.572. The fourth-order valence-electron chi connectivity index (χ4n) is 1.15. The lowest BCUT2D eigenvalue weighted by Crippen LogP contribution is -1.90. The van der Waals surface area contributed by atoms with Crippen molar-refractivity contribution in [2.24, 2.45) is 0 Å². The molecule has 0 aliphatic rings. The van der Waals surface area contributed by atoms with Crippen LogP contribution in [0, 0.1) is 6.92 Å². The normalized spacial score (nSPS) is 10.6. The van der Waals surface area contributed by atoms with Gasteiger partial charge < -0.3 is 0 Å². The molecule has 0 bridgehead atoms. The van der Waals surface area contributed by atoms with E-state index in [-0.39, 0.29) is 0 Å². The first-order valence-electron chi connectivity index (χ1n) is 3.91. The average Bonchev–Trinajstić information content (AvgIpc) is 1.94. The highest BCUT2D eigenvalue weighted by molar-refractivity contribution is 7.80. The molecule has 11 heavy (non-hydrogen) atoms. The van der Waals surface area contributed by atoms with Gasteiger partial charge in [-0.3, -0.25) is 0 Å². The molecule has 0 heterocycles. The van der Waals surface area contributed by atoms with Gasteiger partial charge in [0, 0.05) is 4.90 Å². The molecule has 1 heteroatoms. The highest BCUT2D eigenvalue weighted by Gasteiger charge is 2.03. The van der Waals surface area contributed by atoms with Gasteiger partial charge in [0.15, 0.2) is 0 Å². The molecule has 1 rings (SSSR count). The van der Waals surface area contributed by atoms with Crippen LogP contribution in [0.15, 0.2) is 23.1 Å². The van der Waals surface area contributed by atoms with Crippen LogP contribution in [0.1, 0.15) is 30.9 Å². The van der Waals surface area contributed by atoms with E-state index in [0.29, 0.717) is 5.92 Å². The quantitative estimate of drug-likeness (QED) is 0.607. The standard InChI is InChI=1S/C10H14S/c1-7(2)9-6-4-5-8(3)10(9)11/h4-7,11H,1-3H3. The van der Waals surface area contributed by atoms with Crippen molar-refractivity contribution in [2.75, 3.05) is 0 Å². The summed E-state index contributed by atoms with van der Waals surface area (Å²) in [6.07, 6.45) is 0. The van der Waals surface area contributed by atoms with Gasteiger partial charge in [-0.25, -0.2) is 0 Å². The highest BCUT2D eigenvalue weighted by Crippen LogP contribution is 2.24. The van der Waals surface area contributed by atoms with Gasteiger partial charge in [0.2, 0.25) is 0 Å². The molecule has 0 atom stereocenters. The zero-order valence-electron chi connectivity index (χ0n) is 7.26. The molecule has 0 aromatic heterocycles. The number of hydrogen-bond acceptors (Lipinski definition) is 1. The number of aryl methyl sites for hydroxylation is 1. The van der Waals surface area contributed by atoms with Crippen molar-refractivity contribution >= 4 is 12.6 Å². The summed E-state index contributed by atoms with van der Waals surface area (Å²) < 4.78 is 0. The van der Waals surface area contributed by atoms with Gasteiger partial charge in [0.05, 0.1) is 0 Å². The zero-order chi connectivity index (χ0) is 8.43. The summed E-state index contributed by atoms with van der Waals surface area (Å²) in [7, 11) is 0. The van der Waals surface area contributed by atoms with E-state index in [0.717, 1.165) is 4.90 Å². The number of rotatable bonds is 1. The van der Waals surface area contributed by atoms with Crippen LogP contribution in [0.4, 0.5) is 0 Å². The zero-order valence-corrected chi connectivity index (χ0v) is 8.15. The maximum Gasteiger partial charge on any atom is 0.0104 e. The number of hydrogen-bond donors (Lipinski definition) is 1. The molecule has 1 aromatic carbocycles. The van der Waals surface area contributed by atoms with Gasteiger partial charge in [-0.1, -0.05) is 32.0 Å². The van der Waals surface area contributed by atoms with Crippen LogP contribution in [-0.4, -0.2) is 0 Å². The smallest absolute Gasteiger partial charge is 0.0104 e. The third-order valence-corrected chi connectivity index (χ3v) is 2.50. The summed E-state index contributed by atoms with van der Waals surface area (Å²) in [5.74, 6) is 0.572. The second-order valence-corrected chi connectivity index (χ2v) is 3.61. The molecule has 1 aromatic rings. The molecule has 0 amide bonds. The topological polar surface area (TPSA) is 0 Å². The Kier molecular flexibility index (Phi) is 2.61. The second kappa shape index (κ2) is 3.31. The molecule has 0 fully saturated rings. The van der Waals surface area contributed by atoms with E-state index in [9.17, 15) is 0 Å². The van der Waals surface area contributed by atoms with Crippen molar-refractivity contribution in [3.63, 3.8) is 0 Å². The van der Waals surface area contributed by atoms with Gasteiger partial charge in [0.25, 0.3) is 0 Å². The Morgan fingerprint density at radius 3 is 2.36 bits per heavy atom. The van der Waals surface area contributed by atoms with Crippen molar-refractivity contribution < 1.29 is 0 Å². The predicted molar refractivity (Wildman–Crippen MR) is 52.5 cm³/mol. The van der Waals surface area contributed by atoms with Crippen LogP contribution in [0.5, 0.6) is 0 Å². The van der Waals surface area contributed by atoms with Crippen molar-refractivity contribution in [1.29, 1.82) is 0 Å². The molecule has 0 N–H and O–H groups in total. The Labute approximate surface area is 74.0 Å². The summed E-state index contributed by atoms with van der Waals surface area (Å²) in [5, 5.41) is 0. The lowest BCUT2D eigenvalue weighted by Gasteiger charge is -2.09. The van der Waals surface area contributed by atoms with Gasteiger partial charge in [-0.05, 0) is 24.0 Å². The molecule has 0 aliphatic carbocycles. The Morgan fingerprint density at radius 2 is 1.91 bits per heavy atom. The third kappa shape index (κ3) is 1.78. The Balaban J connectivity index is 3.17. The molecule has 0 nitrogen and oxygen atoms in total. The molecule has 0 saturated carbocycles. The number of thiol groups is 1. The molecule has 0 unspecified atom stereocenters. The minimum atomic E-state index is 0.572. The van der Waals surface area contributed by atoms with E-state index < -0.39 is 0 Å². The van der Waals surface area contributed by atoms with Crippen LogP contribution in [0.3, 0.4) is 0 Å². The second-order valence-electron chi connectivity index (χ2n) is 3.17. The molecule has 0 aliphatic heterocycles. The van der Waals surface area contributed by atoms with E-state index in [1.54, 1.807) is 0 Å². The fourth-order valence-corrected chi connectivity index (χ4v) is 1.55. The minimum Gasteiger partial charge on any atom is -0.143 e. The molecule has 60 valence electrons. The van der Waals surface area contributed by atoms with E-state index in [4.69, 9.17) is 0 Å². The molecular formula is C10H14S. The lowest BCUT2D eigenvalue weighted by atomic mass is 10.0. The van der Waals surface area contributed by atoms with Crippen molar-refractivity contribution in [2.45, 2.75) is 31.6 Å². The maximum atomic E-state index is 4.45. The first kappa shape index (κ1) is 8.66. The first-order chi connectivity index (χ1) is 5.13. The number of benzene rings is 1. The largest absolute Gasteiger partial charge is 0.143 e. The van der Waals surface area contributed by atoms with Crippen LogP contribution in [-0.2, 0) is 0 Å². The van der Waals surface area contributed by atoms with Crippen LogP contribution in [0.2, 0.25) is 0 Å². The Bertz CT molecular complexity index is 251. The van der Waals surface area contributed by atoms with Gasteiger partial charge in [0.1, 0.15) is 0 Å². The molecule has 0 radical (unpaired) electrons. The van der Waals surface area contributed by atoms with E-state index >= 15 is 0 Å². The predicted octanol–water partition coefficient (Wildman–Crippen LogP) is 3.41. The van der Waals surface area contributed by atoms with E-state index in [1.807, 2.05) is 0 Å². The van der Waals surface area contributed by atoms with Crippen LogP contribution < -0.4 is 0 Å². The monoisotopic (exact) mass is 166 g/mol. The van der Waals surface area contributed by atoms with Gasteiger partial charge >= 0.3 is 0 Å².